The fourth-order valence-electron chi connectivity index (χ4n) is 2.26. The number of fused-ring (bicyclic) bond motifs is 1. The predicted molar refractivity (Wildman–Crippen MR) is 89.4 cm³/mol. The van der Waals surface area contributed by atoms with Crippen LogP contribution in [-0.2, 0) is 4.74 Å². The minimum atomic E-state index is -0.139. The first kappa shape index (κ1) is 14.7. The van der Waals surface area contributed by atoms with Gasteiger partial charge in [-0.1, -0.05) is 11.6 Å². The number of rotatable bonds is 3. The van der Waals surface area contributed by atoms with Crippen LogP contribution in [-0.4, -0.2) is 24.9 Å². The second-order valence-corrected chi connectivity index (χ2v) is 5.41. The highest BCUT2D eigenvalue weighted by Gasteiger charge is 2.08. The number of hydrogen-bond donors (Lipinski definition) is 3. The van der Waals surface area contributed by atoms with Gasteiger partial charge in [0.25, 0.3) is 5.56 Å². The monoisotopic (exact) mass is 317 g/mol. The van der Waals surface area contributed by atoms with Gasteiger partial charge in [0.05, 0.1) is 6.61 Å². The molecule has 1 aliphatic rings. The second kappa shape index (κ2) is 6.68. The summed E-state index contributed by atoms with van der Waals surface area (Å²) in [5, 5.41) is 7.01. The van der Waals surface area contributed by atoms with Gasteiger partial charge in [-0.3, -0.25) is 4.79 Å². The van der Waals surface area contributed by atoms with Crippen LogP contribution >= 0.6 is 11.6 Å². The Bertz CT molecular complexity index is 755. The Morgan fingerprint density at radius 1 is 1.32 bits per heavy atom. The molecule has 0 radical (unpaired) electrons. The molecule has 22 heavy (non-hydrogen) atoms. The van der Waals surface area contributed by atoms with E-state index >= 15 is 0 Å². The standard InChI is InChI=1S/C16H16ClN3O2/c17-13-3-4-14-12(7-13)6-11(9-22-10-20-14)8-19-15-2-1-5-18-16(15)21/h1-7,19-20H,8-10H2,(H,18,21)/b11-6-. The topological polar surface area (TPSA) is 66.2 Å². The zero-order valence-electron chi connectivity index (χ0n) is 11.9. The van der Waals surface area contributed by atoms with Crippen LogP contribution in [0.5, 0.6) is 0 Å². The molecular weight excluding hydrogens is 302 g/mol. The Morgan fingerprint density at radius 3 is 3.09 bits per heavy atom. The van der Waals surface area contributed by atoms with Gasteiger partial charge in [0.15, 0.2) is 0 Å². The maximum atomic E-state index is 11.7. The summed E-state index contributed by atoms with van der Waals surface area (Å²) in [6.07, 6.45) is 3.63. The summed E-state index contributed by atoms with van der Waals surface area (Å²) in [5.74, 6) is 0. The maximum Gasteiger partial charge on any atom is 0.271 e. The number of benzene rings is 1. The number of pyridine rings is 1. The van der Waals surface area contributed by atoms with E-state index < -0.39 is 0 Å². The van der Waals surface area contributed by atoms with E-state index in [-0.39, 0.29) is 5.56 Å². The molecule has 0 fully saturated rings. The Kier molecular flexibility index (Phi) is 4.46. The first-order valence-corrected chi connectivity index (χ1v) is 7.32. The molecule has 1 aromatic carbocycles. The van der Waals surface area contributed by atoms with Gasteiger partial charge in [-0.05, 0) is 47.5 Å². The first-order valence-electron chi connectivity index (χ1n) is 6.94. The summed E-state index contributed by atoms with van der Waals surface area (Å²) in [7, 11) is 0. The van der Waals surface area contributed by atoms with Crippen LogP contribution in [0.25, 0.3) is 6.08 Å². The molecule has 3 N–H and O–H groups in total. The molecule has 6 heteroatoms. The van der Waals surface area contributed by atoms with E-state index in [0.29, 0.717) is 30.6 Å². The van der Waals surface area contributed by atoms with E-state index in [2.05, 4.69) is 15.6 Å². The lowest BCUT2D eigenvalue weighted by atomic mass is 10.1. The van der Waals surface area contributed by atoms with Crippen molar-refractivity contribution in [3.8, 4) is 0 Å². The number of nitrogens with one attached hydrogen (secondary N) is 3. The third kappa shape index (κ3) is 3.50. The Labute approximate surface area is 133 Å². The molecule has 0 amide bonds. The Balaban J connectivity index is 1.82. The van der Waals surface area contributed by atoms with Crippen LogP contribution in [0.4, 0.5) is 11.4 Å². The fraction of sp³-hybridized carbons (Fsp3) is 0.188. The van der Waals surface area contributed by atoms with Crippen LogP contribution in [0.15, 0.2) is 46.9 Å². The van der Waals surface area contributed by atoms with Gasteiger partial charge >= 0.3 is 0 Å². The number of H-pyrrole nitrogens is 1. The number of ether oxygens (including phenoxy) is 1. The lowest BCUT2D eigenvalue weighted by Gasteiger charge is -2.17. The second-order valence-electron chi connectivity index (χ2n) is 4.97. The van der Waals surface area contributed by atoms with Crippen LogP contribution in [0, 0.1) is 0 Å². The van der Waals surface area contributed by atoms with Gasteiger partial charge in [-0.25, -0.2) is 0 Å². The molecule has 0 unspecified atom stereocenters. The van der Waals surface area contributed by atoms with Crippen molar-refractivity contribution in [1.82, 2.24) is 4.98 Å². The lowest BCUT2D eigenvalue weighted by molar-refractivity contribution is 0.175. The van der Waals surface area contributed by atoms with Gasteiger partial charge < -0.3 is 20.4 Å². The molecule has 0 spiro atoms. The zero-order valence-corrected chi connectivity index (χ0v) is 12.6. The molecule has 0 atom stereocenters. The predicted octanol–water partition coefficient (Wildman–Crippen LogP) is 2.92. The van der Waals surface area contributed by atoms with Crippen molar-refractivity contribution in [2.24, 2.45) is 0 Å². The van der Waals surface area contributed by atoms with Gasteiger partial charge in [0, 0.05) is 23.5 Å². The number of anilines is 2. The van der Waals surface area contributed by atoms with Crippen LogP contribution in [0.3, 0.4) is 0 Å². The van der Waals surface area contributed by atoms with Crippen molar-refractivity contribution in [2.45, 2.75) is 0 Å². The Morgan fingerprint density at radius 2 is 2.23 bits per heavy atom. The Hall–Kier alpha value is -2.24. The summed E-state index contributed by atoms with van der Waals surface area (Å²) < 4.78 is 5.55. The van der Waals surface area contributed by atoms with E-state index in [0.717, 1.165) is 16.8 Å². The third-order valence-corrected chi connectivity index (χ3v) is 3.58. The number of aromatic nitrogens is 1. The quantitative estimate of drug-likeness (QED) is 0.814. The van der Waals surface area contributed by atoms with E-state index in [1.807, 2.05) is 24.3 Å². The molecule has 0 saturated carbocycles. The summed E-state index contributed by atoms with van der Waals surface area (Å²) in [6, 6.07) is 9.20. The van der Waals surface area contributed by atoms with Crippen LogP contribution in [0.1, 0.15) is 5.56 Å². The minimum Gasteiger partial charge on any atom is -0.377 e. The number of halogens is 1. The molecule has 1 aromatic heterocycles. The third-order valence-electron chi connectivity index (χ3n) is 3.35. The van der Waals surface area contributed by atoms with Gasteiger partial charge in [0.2, 0.25) is 0 Å². The summed E-state index contributed by atoms with van der Waals surface area (Å²) in [5.41, 5.74) is 3.41. The highest BCUT2D eigenvalue weighted by atomic mass is 35.5. The maximum absolute atomic E-state index is 11.7. The molecule has 0 bridgehead atoms. The van der Waals surface area contributed by atoms with E-state index in [1.54, 1.807) is 18.3 Å². The van der Waals surface area contributed by atoms with Crippen molar-refractivity contribution in [3.63, 3.8) is 0 Å². The zero-order chi connectivity index (χ0) is 15.4. The molecule has 2 heterocycles. The number of aromatic amines is 1. The molecule has 5 nitrogen and oxygen atoms in total. The van der Waals surface area contributed by atoms with Gasteiger partial charge in [-0.15, -0.1) is 0 Å². The fourth-order valence-corrected chi connectivity index (χ4v) is 2.44. The van der Waals surface area contributed by atoms with Crippen molar-refractivity contribution in [1.29, 1.82) is 0 Å². The summed E-state index contributed by atoms with van der Waals surface area (Å²) in [4.78, 5) is 14.3. The SMILES string of the molecule is O=c1[nH]cccc1NC/C1=C/c2cc(Cl)ccc2NCOC1. The van der Waals surface area contributed by atoms with E-state index in [1.165, 1.54) is 0 Å². The van der Waals surface area contributed by atoms with Crippen LogP contribution < -0.4 is 16.2 Å². The summed E-state index contributed by atoms with van der Waals surface area (Å²) >= 11 is 6.06. The molecule has 3 rings (SSSR count). The normalized spacial score (nSPS) is 16.5. The van der Waals surface area contributed by atoms with Crippen molar-refractivity contribution >= 4 is 29.1 Å². The number of hydrogen-bond acceptors (Lipinski definition) is 4. The smallest absolute Gasteiger partial charge is 0.271 e. The average Bonchev–Trinajstić information content (AvgIpc) is 2.49. The lowest BCUT2D eigenvalue weighted by Crippen LogP contribution is -2.19. The molecule has 0 aliphatic carbocycles. The molecule has 114 valence electrons. The molecule has 2 aromatic rings. The molecule has 1 aliphatic heterocycles. The van der Waals surface area contributed by atoms with E-state index in [9.17, 15) is 4.79 Å². The van der Waals surface area contributed by atoms with E-state index in [4.69, 9.17) is 16.3 Å². The highest BCUT2D eigenvalue weighted by Crippen LogP contribution is 2.24. The largest absolute Gasteiger partial charge is 0.377 e. The van der Waals surface area contributed by atoms with Crippen LogP contribution in [0.2, 0.25) is 5.02 Å². The van der Waals surface area contributed by atoms with Gasteiger partial charge in [-0.2, -0.15) is 0 Å². The highest BCUT2D eigenvalue weighted by molar-refractivity contribution is 6.30. The average molecular weight is 318 g/mol. The van der Waals surface area contributed by atoms with Crippen molar-refractivity contribution in [2.75, 3.05) is 30.5 Å². The first-order chi connectivity index (χ1) is 10.7. The summed E-state index contributed by atoms with van der Waals surface area (Å²) in [6.45, 7) is 1.44. The molecule has 0 saturated heterocycles. The minimum absolute atomic E-state index is 0.139. The van der Waals surface area contributed by atoms with Gasteiger partial charge in [0.1, 0.15) is 12.4 Å². The van der Waals surface area contributed by atoms with Crippen molar-refractivity contribution < 1.29 is 4.74 Å². The molecular formula is C16H16ClN3O2. The van der Waals surface area contributed by atoms with Crippen molar-refractivity contribution in [3.05, 3.63) is 63.0 Å².